The van der Waals surface area contributed by atoms with Crippen molar-refractivity contribution in [1.29, 1.82) is 0 Å². The minimum atomic E-state index is 0.0951. The highest BCUT2D eigenvalue weighted by Gasteiger charge is 2.30. The Labute approximate surface area is 138 Å². The summed E-state index contributed by atoms with van der Waals surface area (Å²) in [6.45, 7) is 8.35. The van der Waals surface area contributed by atoms with E-state index in [1.54, 1.807) is 0 Å². The molecule has 23 heavy (non-hydrogen) atoms. The fourth-order valence-corrected chi connectivity index (χ4v) is 3.38. The molecule has 0 radical (unpaired) electrons. The smallest absolute Gasteiger partial charge is 0.234 e. The Morgan fingerprint density at radius 1 is 1.26 bits per heavy atom. The van der Waals surface area contributed by atoms with Crippen molar-refractivity contribution in [3.8, 4) is 0 Å². The Kier molecular flexibility index (Phi) is 4.53. The van der Waals surface area contributed by atoms with E-state index < -0.39 is 0 Å². The molecular weight excluding hydrogens is 286 g/mol. The van der Waals surface area contributed by atoms with Gasteiger partial charge in [0.25, 0.3) is 0 Å². The number of amides is 1. The van der Waals surface area contributed by atoms with Crippen molar-refractivity contribution in [1.82, 2.24) is 14.8 Å². The third-order valence-corrected chi connectivity index (χ3v) is 4.29. The number of aryl methyl sites for hydroxylation is 1. The third-order valence-electron chi connectivity index (χ3n) is 4.29. The number of aromatic nitrogens is 1. The molecule has 0 fully saturated rings. The van der Waals surface area contributed by atoms with Crippen LogP contribution >= 0.6 is 0 Å². The minimum Gasteiger partial charge on any atom is -0.353 e. The number of carbonyl (C=O) groups is 1. The van der Waals surface area contributed by atoms with Gasteiger partial charge in [0, 0.05) is 31.0 Å². The van der Waals surface area contributed by atoms with Crippen LogP contribution in [0.5, 0.6) is 0 Å². The second-order valence-electron chi connectivity index (χ2n) is 6.64. The standard InChI is InChI=1S/C19H25N3O/c1-14(2)20-18(23)13-22-11-10-21-9-5-8-17(21)19(22)16-7-4-6-15(3)12-16/h4-9,12,14,19H,10-11,13H2,1-3H3,(H,20,23). The normalized spacial score (nSPS) is 18.0. The number of fused-ring (bicyclic) bond motifs is 1. The first-order chi connectivity index (χ1) is 11.0. The molecule has 0 bridgehead atoms. The van der Waals surface area contributed by atoms with Gasteiger partial charge in [0.1, 0.15) is 0 Å². The van der Waals surface area contributed by atoms with Gasteiger partial charge in [0.15, 0.2) is 0 Å². The molecule has 4 heteroatoms. The molecule has 1 aliphatic rings. The quantitative estimate of drug-likeness (QED) is 0.943. The van der Waals surface area contributed by atoms with E-state index in [1.807, 2.05) is 13.8 Å². The molecule has 1 atom stereocenters. The summed E-state index contributed by atoms with van der Waals surface area (Å²) >= 11 is 0. The number of nitrogens with zero attached hydrogens (tertiary/aromatic N) is 2. The van der Waals surface area contributed by atoms with Crippen LogP contribution in [-0.2, 0) is 11.3 Å². The van der Waals surface area contributed by atoms with Gasteiger partial charge in [-0.1, -0.05) is 29.8 Å². The second-order valence-corrected chi connectivity index (χ2v) is 6.64. The van der Waals surface area contributed by atoms with Crippen molar-refractivity contribution >= 4 is 5.91 Å². The van der Waals surface area contributed by atoms with Gasteiger partial charge >= 0.3 is 0 Å². The summed E-state index contributed by atoms with van der Waals surface area (Å²) in [4.78, 5) is 14.5. The van der Waals surface area contributed by atoms with Gasteiger partial charge in [-0.15, -0.1) is 0 Å². The van der Waals surface area contributed by atoms with Crippen LogP contribution in [0, 0.1) is 6.92 Å². The first-order valence-corrected chi connectivity index (χ1v) is 8.29. The Bertz CT molecular complexity index is 689. The summed E-state index contributed by atoms with van der Waals surface area (Å²) < 4.78 is 2.30. The molecule has 2 aromatic rings. The highest BCUT2D eigenvalue weighted by Crippen LogP contribution is 2.32. The lowest BCUT2D eigenvalue weighted by molar-refractivity contribution is -0.123. The Morgan fingerprint density at radius 2 is 2.09 bits per heavy atom. The molecule has 1 N–H and O–H groups in total. The number of hydrogen-bond donors (Lipinski definition) is 1. The van der Waals surface area contributed by atoms with Gasteiger partial charge in [-0.2, -0.15) is 0 Å². The molecule has 0 spiro atoms. The molecule has 0 aliphatic carbocycles. The van der Waals surface area contributed by atoms with Gasteiger partial charge < -0.3 is 9.88 Å². The van der Waals surface area contributed by atoms with Crippen LogP contribution in [0.25, 0.3) is 0 Å². The van der Waals surface area contributed by atoms with E-state index in [4.69, 9.17) is 0 Å². The number of hydrogen-bond acceptors (Lipinski definition) is 2. The van der Waals surface area contributed by atoms with Crippen LogP contribution < -0.4 is 5.32 Å². The van der Waals surface area contributed by atoms with E-state index in [9.17, 15) is 4.79 Å². The zero-order chi connectivity index (χ0) is 16.4. The predicted octanol–water partition coefficient (Wildman–Crippen LogP) is 2.73. The van der Waals surface area contributed by atoms with Crippen molar-refractivity contribution in [3.05, 3.63) is 59.4 Å². The summed E-state index contributed by atoms with van der Waals surface area (Å²) in [5, 5.41) is 3.00. The molecule has 0 saturated heterocycles. The Morgan fingerprint density at radius 3 is 2.83 bits per heavy atom. The fourth-order valence-electron chi connectivity index (χ4n) is 3.38. The van der Waals surface area contributed by atoms with Gasteiger partial charge in [-0.05, 0) is 38.5 Å². The molecule has 2 heterocycles. The van der Waals surface area contributed by atoms with Gasteiger partial charge in [-0.3, -0.25) is 9.69 Å². The average molecular weight is 311 g/mol. The molecule has 1 aromatic carbocycles. The molecule has 1 amide bonds. The number of nitrogens with one attached hydrogen (secondary N) is 1. The molecule has 122 valence electrons. The first kappa shape index (κ1) is 15.8. The van der Waals surface area contributed by atoms with E-state index >= 15 is 0 Å². The van der Waals surface area contributed by atoms with E-state index in [0.717, 1.165) is 13.1 Å². The number of rotatable bonds is 4. The monoisotopic (exact) mass is 311 g/mol. The lowest BCUT2D eigenvalue weighted by Gasteiger charge is -2.37. The maximum Gasteiger partial charge on any atom is 0.234 e. The molecule has 1 aliphatic heterocycles. The number of benzene rings is 1. The minimum absolute atomic E-state index is 0.0951. The second kappa shape index (κ2) is 6.59. The molecule has 0 saturated carbocycles. The average Bonchev–Trinajstić information content (AvgIpc) is 2.94. The predicted molar refractivity (Wildman–Crippen MR) is 92.3 cm³/mol. The maximum absolute atomic E-state index is 12.3. The first-order valence-electron chi connectivity index (χ1n) is 8.29. The van der Waals surface area contributed by atoms with Crippen LogP contribution in [-0.4, -0.2) is 34.5 Å². The van der Waals surface area contributed by atoms with E-state index in [0.29, 0.717) is 6.54 Å². The summed E-state index contributed by atoms with van der Waals surface area (Å²) in [7, 11) is 0. The SMILES string of the molecule is Cc1cccc(C2c3cccn3CCN2CC(=O)NC(C)C)c1. The van der Waals surface area contributed by atoms with E-state index in [2.05, 4.69) is 64.3 Å². The van der Waals surface area contributed by atoms with Crippen molar-refractivity contribution < 1.29 is 4.79 Å². The largest absolute Gasteiger partial charge is 0.353 e. The van der Waals surface area contributed by atoms with E-state index in [-0.39, 0.29) is 18.0 Å². The summed E-state index contributed by atoms with van der Waals surface area (Å²) in [5.74, 6) is 0.0951. The molecule has 1 unspecified atom stereocenters. The zero-order valence-corrected chi connectivity index (χ0v) is 14.1. The Balaban J connectivity index is 1.91. The zero-order valence-electron chi connectivity index (χ0n) is 14.1. The fraction of sp³-hybridized carbons (Fsp3) is 0.421. The van der Waals surface area contributed by atoms with Crippen molar-refractivity contribution in [2.45, 2.75) is 39.4 Å². The van der Waals surface area contributed by atoms with Crippen LogP contribution in [0.4, 0.5) is 0 Å². The number of carbonyl (C=O) groups excluding carboxylic acids is 1. The lowest BCUT2D eigenvalue weighted by atomic mass is 9.98. The lowest BCUT2D eigenvalue weighted by Crippen LogP contribution is -2.45. The van der Waals surface area contributed by atoms with E-state index in [1.165, 1.54) is 16.8 Å². The molecule has 4 nitrogen and oxygen atoms in total. The van der Waals surface area contributed by atoms with Gasteiger partial charge in [-0.25, -0.2) is 0 Å². The molecule has 3 rings (SSSR count). The topological polar surface area (TPSA) is 37.3 Å². The summed E-state index contributed by atoms with van der Waals surface area (Å²) in [5.41, 5.74) is 3.76. The van der Waals surface area contributed by atoms with Gasteiger partial charge in [0.05, 0.1) is 12.6 Å². The highest BCUT2D eigenvalue weighted by molar-refractivity contribution is 5.78. The Hall–Kier alpha value is -2.07. The molecule has 1 aromatic heterocycles. The van der Waals surface area contributed by atoms with Crippen LogP contribution in [0.1, 0.15) is 36.7 Å². The van der Waals surface area contributed by atoms with Crippen LogP contribution in [0.3, 0.4) is 0 Å². The highest BCUT2D eigenvalue weighted by atomic mass is 16.2. The summed E-state index contributed by atoms with van der Waals surface area (Å²) in [6, 6.07) is 13.2. The van der Waals surface area contributed by atoms with Crippen molar-refractivity contribution in [3.63, 3.8) is 0 Å². The van der Waals surface area contributed by atoms with Gasteiger partial charge in [0.2, 0.25) is 5.91 Å². The van der Waals surface area contributed by atoms with Crippen LogP contribution in [0.15, 0.2) is 42.6 Å². The van der Waals surface area contributed by atoms with Crippen molar-refractivity contribution in [2.75, 3.05) is 13.1 Å². The van der Waals surface area contributed by atoms with Crippen LogP contribution in [0.2, 0.25) is 0 Å². The molecular formula is C19H25N3O. The van der Waals surface area contributed by atoms with Crippen molar-refractivity contribution in [2.24, 2.45) is 0 Å². The summed E-state index contributed by atoms with van der Waals surface area (Å²) in [6.07, 6.45) is 2.13. The maximum atomic E-state index is 12.3. The third kappa shape index (κ3) is 3.48.